The average Bonchev–Trinajstić information content (AvgIpc) is 2.53. The van der Waals surface area contributed by atoms with Gasteiger partial charge < -0.3 is 15.5 Å². The summed E-state index contributed by atoms with van der Waals surface area (Å²) in [5.74, 6) is 0.0971. The summed E-state index contributed by atoms with van der Waals surface area (Å²) in [5, 5.41) is 5.79. The van der Waals surface area contributed by atoms with Crippen LogP contribution in [0.1, 0.15) is 53.5 Å². The first-order chi connectivity index (χ1) is 12.5. The Labute approximate surface area is 162 Å². The molecule has 0 fully saturated rings. The van der Waals surface area contributed by atoms with Gasteiger partial charge in [-0.3, -0.25) is 4.79 Å². The van der Waals surface area contributed by atoms with E-state index in [4.69, 9.17) is 0 Å². The van der Waals surface area contributed by atoms with E-state index in [0.29, 0.717) is 18.7 Å². The fraction of sp³-hybridized carbons (Fsp3) is 0.455. The fourth-order valence-corrected chi connectivity index (χ4v) is 3.23. The van der Waals surface area contributed by atoms with Gasteiger partial charge in [-0.2, -0.15) is 0 Å². The van der Waals surface area contributed by atoms with Crippen molar-refractivity contribution in [1.82, 2.24) is 5.32 Å². The van der Waals surface area contributed by atoms with E-state index >= 15 is 0 Å². The van der Waals surface area contributed by atoms with Gasteiger partial charge in [0.1, 0.15) is 0 Å². The predicted molar refractivity (Wildman–Crippen MR) is 112 cm³/mol. The third kappa shape index (κ3) is 5.00. The number of nitrogens with one attached hydrogen (secondary N) is 2. The molecule has 0 aliphatic carbocycles. The highest BCUT2D eigenvalue weighted by Gasteiger charge is 2.36. The first-order valence-electron chi connectivity index (χ1n) is 9.28. The summed E-state index contributed by atoms with van der Waals surface area (Å²) in [4.78, 5) is 26.7. The number of urea groups is 1. The lowest BCUT2D eigenvalue weighted by molar-refractivity contribution is -0.120. The Morgan fingerprint density at radius 3 is 2.56 bits per heavy atom. The number of rotatable bonds is 4. The van der Waals surface area contributed by atoms with Gasteiger partial charge in [0.2, 0.25) is 5.91 Å². The van der Waals surface area contributed by atoms with Gasteiger partial charge in [0, 0.05) is 28.7 Å². The lowest BCUT2D eigenvalue weighted by Crippen LogP contribution is -2.44. The van der Waals surface area contributed by atoms with Crippen LogP contribution in [0.4, 0.5) is 16.2 Å². The lowest BCUT2D eigenvalue weighted by atomic mass is 9.77. The van der Waals surface area contributed by atoms with Crippen LogP contribution in [0.3, 0.4) is 0 Å². The third-order valence-corrected chi connectivity index (χ3v) is 4.63. The molecule has 1 aliphatic rings. The van der Waals surface area contributed by atoms with Gasteiger partial charge in [-0.15, -0.1) is 0 Å². The molecule has 0 radical (unpaired) electrons. The quantitative estimate of drug-likeness (QED) is 0.752. The van der Waals surface area contributed by atoms with Crippen molar-refractivity contribution >= 4 is 23.3 Å². The Bertz CT molecular complexity index is 785. The summed E-state index contributed by atoms with van der Waals surface area (Å²) in [6.07, 6.45) is 4.16. The molecular weight excluding hydrogens is 338 g/mol. The topological polar surface area (TPSA) is 61.4 Å². The van der Waals surface area contributed by atoms with E-state index in [9.17, 15) is 9.59 Å². The summed E-state index contributed by atoms with van der Waals surface area (Å²) in [6.45, 7) is 16.2. The Morgan fingerprint density at radius 1 is 1.33 bits per heavy atom. The van der Waals surface area contributed by atoms with Crippen molar-refractivity contribution in [3.8, 4) is 0 Å². The van der Waals surface area contributed by atoms with Crippen molar-refractivity contribution in [1.29, 1.82) is 0 Å². The van der Waals surface area contributed by atoms with Crippen LogP contribution >= 0.6 is 0 Å². The van der Waals surface area contributed by atoms with Gasteiger partial charge in [-0.1, -0.05) is 32.6 Å². The summed E-state index contributed by atoms with van der Waals surface area (Å²) in [6, 6.07) is 5.48. The molecule has 1 heterocycles. The Kier molecular flexibility index (Phi) is 5.83. The molecule has 2 rings (SSSR count). The average molecular weight is 370 g/mol. The molecule has 0 bridgehead atoms. The molecule has 1 aromatic carbocycles. The number of nitrogens with zero attached hydrogens (tertiary/aromatic N) is 1. The minimum absolute atomic E-state index is 0.0971. The molecule has 0 aromatic heterocycles. The number of hydrogen-bond donors (Lipinski definition) is 2. The molecule has 27 heavy (non-hydrogen) atoms. The van der Waals surface area contributed by atoms with E-state index in [1.807, 2.05) is 52.0 Å². The number of fused-ring (bicyclic) bond motifs is 1. The standard InChI is InChI=1S/C22H31N3O2/c1-8-15(9-2)14-25-18-11-10-16(23-20(27)24-21(3,4)5)12-17(18)22(6,7)13-19(25)26/h8-12H,1,13-14H2,2-7H3,(H2,23,24,27)/b15-9+. The maximum atomic E-state index is 12.7. The maximum absolute atomic E-state index is 12.7. The number of carbonyl (C=O) groups excluding carboxylic acids is 2. The second kappa shape index (κ2) is 7.59. The molecule has 0 saturated heterocycles. The maximum Gasteiger partial charge on any atom is 0.319 e. The molecule has 0 atom stereocenters. The number of amides is 3. The number of hydrogen-bond acceptors (Lipinski definition) is 2. The molecule has 1 aromatic rings. The van der Waals surface area contributed by atoms with Crippen LogP contribution in [-0.2, 0) is 10.2 Å². The minimum atomic E-state index is -0.311. The van der Waals surface area contributed by atoms with Crippen molar-refractivity contribution in [2.75, 3.05) is 16.8 Å². The van der Waals surface area contributed by atoms with Crippen LogP contribution in [0.5, 0.6) is 0 Å². The monoisotopic (exact) mass is 369 g/mol. The highest BCUT2D eigenvalue weighted by Crippen LogP contribution is 2.41. The van der Waals surface area contributed by atoms with Crippen molar-refractivity contribution in [3.05, 3.63) is 48.1 Å². The Balaban J connectivity index is 2.36. The van der Waals surface area contributed by atoms with Gasteiger partial charge in [0.15, 0.2) is 0 Å². The molecule has 0 spiro atoms. The van der Waals surface area contributed by atoms with Crippen LogP contribution < -0.4 is 15.5 Å². The SMILES string of the molecule is C=C/C(=C\C)CN1C(=O)CC(C)(C)c2cc(NC(=O)NC(C)(C)C)ccc21. The number of carbonyl (C=O) groups is 2. The van der Waals surface area contributed by atoms with E-state index in [2.05, 4.69) is 31.1 Å². The van der Waals surface area contributed by atoms with E-state index in [1.54, 1.807) is 11.0 Å². The van der Waals surface area contributed by atoms with Gasteiger partial charge in [0.05, 0.1) is 6.54 Å². The molecule has 0 saturated carbocycles. The fourth-order valence-electron chi connectivity index (χ4n) is 3.23. The number of benzene rings is 1. The zero-order chi connectivity index (χ0) is 20.4. The number of anilines is 2. The van der Waals surface area contributed by atoms with E-state index in [0.717, 1.165) is 16.8 Å². The zero-order valence-electron chi connectivity index (χ0n) is 17.3. The van der Waals surface area contributed by atoms with Crippen molar-refractivity contribution in [2.24, 2.45) is 0 Å². The van der Waals surface area contributed by atoms with Gasteiger partial charge >= 0.3 is 6.03 Å². The first kappa shape index (κ1) is 20.7. The molecule has 5 heteroatoms. The molecule has 3 amide bonds. The van der Waals surface area contributed by atoms with E-state index < -0.39 is 0 Å². The van der Waals surface area contributed by atoms with Crippen LogP contribution in [0.2, 0.25) is 0 Å². The van der Waals surface area contributed by atoms with Crippen LogP contribution in [0.15, 0.2) is 42.5 Å². The Morgan fingerprint density at radius 2 is 2.00 bits per heavy atom. The lowest BCUT2D eigenvalue weighted by Gasteiger charge is -2.39. The van der Waals surface area contributed by atoms with Crippen molar-refractivity contribution in [2.45, 2.75) is 58.9 Å². The van der Waals surface area contributed by atoms with Crippen LogP contribution in [0.25, 0.3) is 0 Å². The highest BCUT2D eigenvalue weighted by molar-refractivity contribution is 5.99. The first-order valence-corrected chi connectivity index (χ1v) is 9.28. The van der Waals surface area contributed by atoms with Crippen LogP contribution in [-0.4, -0.2) is 24.0 Å². The Hall–Kier alpha value is -2.56. The molecule has 5 nitrogen and oxygen atoms in total. The van der Waals surface area contributed by atoms with E-state index in [1.165, 1.54) is 0 Å². The minimum Gasteiger partial charge on any atom is -0.333 e. The van der Waals surface area contributed by atoms with Crippen molar-refractivity contribution < 1.29 is 9.59 Å². The summed E-state index contributed by atoms with van der Waals surface area (Å²) in [7, 11) is 0. The smallest absolute Gasteiger partial charge is 0.319 e. The van der Waals surface area contributed by atoms with Crippen molar-refractivity contribution in [3.63, 3.8) is 0 Å². The van der Waals surface area contributed by atoms with E-state index in [-0.39, 0.29) is 22.9 Å². The second-order valence-corrected chi connectivity index (χ2v) is 8.67. The molecule has 2 N–H and O–H groups in total. The summed E-state index contributed by atoms with van der Waals surface area (Å²) < 4.78 is 0. The van der Waals surface area contributed by atoms with Gasteiger partial charge in [-0.25, -0.2) is 4.79 Å². The second-order valence-electron chi connectivity index (χ2n) is 8.67. The molecular formula is C22H31N3O2. The molecule has 0 unspecified atom stereocenters. The highest BCUT2D eigenvalue weighted by atomic mass is 16.2. The summed E-state index contributed by atoms with van der Waals surface area (Å²) in [5.41, 5.74) is 3.04. The third-order valence-electron chi connectivity index (χ3n) is 4.63. The zero-order valence-corrected chi connectivity index (χ0v) is 17.3. The number of allylic oxidation sites excluding steroid dienone is 1. The largest absolute Gasteiger partial charge is 0.333 e. The van der Waals surface area contributed by atoms with Gasteiger partial charge in [0.25, 0.3) is 0 Å². The normalized spacial score (nSPS) is 16.6. The molecule has 1 aliphatic heterocycles. The summed E-state index contributed by atoms with van der Waals surface area (Å²) >= 11 is 0. The predicted octanol–water partition coefficient (Wildman–Crippen LogP) is 4.75. The molecule has 146 valence electrons. The van der Waals surface area contributed by atoms with Crippen LogP contribution in [0, 0.1) is 0 Å². The van der Waals surface area contributed by atoms with Gasteiger partial charge in [-0.05, 0) is 57.0 Å².